The van der Waals surface area contributed by atoms with Crippen LogP contribution in [0.5, 0.6) is 0 Å². The van der Waals surface area contributed by atoms with Crippen molar-refractivity contribution in [1.29, 1.82) is 0 Å². The van der Waals surface area contributed by atoms with Gasteiger partial charge in [0.25, 0.3) is 0 Å². The zero-order chi connectivity index (χ0) is 14.6. The van der Waals surface area contributed by atoms with Gasteiger partial charge in [0, 0.05) is 23.1 Å². The minimum absolute atomic E-state index is 0.111. The summed E-state index contributed by atoms with van der Waals surface area (Å²) in [7, 11) is 1.34. The van der Waals surface area contributed by atoms with E-state index < -0.39 is 5.97 Å². The Balaban J connectivity index is 2.09. The lowest BCUT2D eigenvalue weighted by Gasteiger charge is -2.27. The molecule has 1 aliphatic rings. The van der Waals surface area contributed by atoms with E-state index in [4.69, 9.17) is 0 Å². The summed E-state index contributed by atoms with van der Waals surface area (Å²) in [6.45, 7) is 2.71. The van der Waals surface area contributed by atoms with Crippen molar-refractivity contribution in [3.63, 3.8) is 0 Å². The Hall–Kier alpha value is -1.30. The van der Waals surface area contributed by atoms with Gasteiger partial charge in [-0.25, -0.2) is 14.8 Å². The highest BCUT2D eigenvalue weighted by Gasteiger charge is 2.32. The Bertz CT molecular complexity index is 487. The van der Waals surface area contributed by atoms with Gasteiger partial charge in [0.2, 0.25) is 5.82 Å². The molecule has 5 nitrogen and oxygen atoms in total. The number of thioether (sulfide) groups is 1. The molecule has 1 aromatic rings. The summed E-state index contributed by atoms with van der Waals surface area (Å²) in [5.74, 6) is 0.301. The van der Waals surface area contributed by atoms with Crippen LogP contribution in [-0.4, -0.2) is 40.6 Å². The number of esters is 1. The molecule has 2 rings (SSSR count). The monoisotopic (exact) mass is 295 g/mol. The molecular weight excluding hydrogens is 274 g/mol. The van der Waals surface area contributed by atoms with Gasteiger partial charge < -0.3 is 10.1 Å². The maximum absolute atomic E-state index is 11.5. The normalized spacial score (nSPS) is 16.9. The quantitative estimate of drug-likeness (QED) is 0.843. The topological polar surface area (TPSA) is 64.1 Å². The molecule has 1 saturated carbocycles. The van der Waals surface area contributed by atoms with Crippen LogP contribution in [0.1, 0.15) is 42.0 Å². The highest BCUT2D eigenvalue weighted by atomic mass is 32.2. The molecule has 110 valence electrons. The molecule has 0 bridgehead atoms. The standard InChI is InChI=1S/C14H21N3O2S/c1-10-8-11(17-12(16-10)13(18)19-2)15-9-14(20-3)6-4-5-7-14/h8H,4-7,9H2,1-3H3,(H,15,16,17). The second kappa shape index (κ2) is 6.43. The summed E-state index contributed by atoms with van der Waals surface area (Å²) in [5.41, 5.74) is 0.757. The molecule has 0 aromatic carbocycles. The van der Waals surface area contributed by atoms with Crippen LogP contribution in [0.15, 0.2) is 6.07 Å². The van der Waals surface area contributed by atoms with E-state index in [0.717, 1.165) is 12.2 Å². The third-order valence-corrected chi connectivity index (χ3v) is 5.18. The molecule has 0 unspecified atom stereocenters. The van der Waals surface area contributed by atoms with Crippen molar-refractivity contribution in [3.05, 3.63) is 17.6 Å². The highest BCUT2D eigenvalue weighted by Crippen LogP contribution is 2.40. The number of nitrogens with one attached hydrogen (secondary N) is 1. The lowest BCUT2D eigenvalue weighted by Crippen LogP contribution is -2.30. The number of aryl methyl sites for hydroxylation is 1. The number of nitrogens with zero attached hydrogens (tertiary/aromatic N) is 2. The average Bonchev–Trinajstić information content (AvgIpc) is 2.93. The van der Waals surface area contributed by atoms with Crippen molar-refractivity contribution in [3.8, 4) is 0 Å². The number of anilines is 1. The molecule has 6 heteroatoms. The first-order chi connectivity index (χ1) is 9.58. The molecule has 0 saturated heterocycles. The van der Waals surface area contributed by atoms with Crippen molar-refractivity contribution in [2.24, 2.45) is 0 Å². The number of hydrogen-bond donors (Lipinski definition) is 1. The predicted molar refractivity (Wildman–Crippen MR) is 81.3 cm³/mol. The molecule has 20 heavy (non-hydrogen) atoms. The van der Waals surface area contributed by atoms with Crippen LogP contribution < -0.4 is 5.32 Å². The SMILES string of the molecule is COC(=O)c1nc(C)cc(NCC2(SC)CCCC2)n1. The van der Waals surface area contributed by atoms with Crippen LogP contribution in [0, 0.1) is 6.92 Å². The summed E-state index contributed by atoms with van der Waals surface area (Å²) >= 11 is 1.92. The Labute approximate surface area is 123 Å². The minimum atomic E-state index is -0.503. The second-order valence-electron chi connectivity index (χ2n) is 5.16. The number of carbonyl (C=O) groups is 1. The van der Waals surface area contributed by atoms with E-state index in [1.54, 1.807) is 0 Å². The largest absolute Gasteiger partial charge is 0.463 e. The second-order valence-corrected chi connectivity index (χ2v) is 6.43. The van der Waals surface area contributed by atoms with Crippen molar-refractivity contribution in [2.75, 3.05) is 25.2 Å². The van der Waals surface area contributed by atoms with Gasteiger partial charge in [-0.2, -0.15) is 11.8 Å². The highest BCUT2D eigenvalue weighted by molar-refractivity contribution is 8.00. The van der Waals surface area contributed by atoms with E-state index in [-0.39, 0.29) is 5.82 Å². The molecule has 1 aliphatic carbocycles. The van der Waals surface area contributed by atoms with Crippen LogP contribution in [0.4, 0.5) is 5.82 Å². The maximum atomic E-state index is 11.5. The number of methoxy groups -OCH3 is 1. The van der Waals surface area contributed by atoms with Gasteiger partial charge in [-0.3, -0.25) is 0 Å². The van der Waals surface area contributed by atoms with Gasteiger partial charge in [-0.1, -0.05) is 12.8 Å². The molecule has 1 N–H and O–H groups in total. The zero-order valence-electron chi connectivity index (χ0n) is 12.2. The Kier molecular flexibility index (Phi) is 4.86. The first kappa shape index (κ1) is 15.1. The first-order valence-corrected chi connectivity index (χ1v) is 8.04. The van der Waals surface area contributed by atoms with E-state index in [9.17, 15) is 4.79 Å². The zero-order valence-corrected chi connectivity index (χ0v) is 13.0. The van der Waals surface area contributed by atoms with Crippen LogP contribution in [0.3, 0.4) is 0 Å². The summed E-state index contributed by atoms with van der Waals surface area (Å²) < 4.78 is 4.97. The van der Waals surface area contributed by atoms with E-state index in [2.05, 4.69) is 26.3 Å². The molecule has 0 amide bonds. The number of hydrogen-bond acceptors (Lipinski definition) is 6. The summed E-state index contributed by atoms with van der Waals surface area (Å²) in [6.07, 6.45) is 7.21. The van der Waals surface area contributed by atoms with Crippen molar-refractivity contribution in [2.45, 2.75) is 37.4 Å². The van der Waals surface area contributed by atoms with Gasteiger partial charge in [0.05, 0.1) is 7.11 Å². The fourth-order valence-electron chi connectivity index (χ4n) is 2.57. The van der Waals surface area contributed by atoms with Gasteiger partial charge in [0.15, 0.2) is 0 Å². The number of aromatic nitrogens is 2. The molecule has 1 aromatic heterocycles. The van der Waals surface area contributed by atoms with Crippen LogP contribution >= 0.6 is 11.8 Å². The summed E-state index contributed by atoms with van der Waals surface area (Å²) in [5, 5.41) is 3.36. The number of carbonyl (C=O) groups excluding carboxylic acids is 1. The third kappa shape index (κ3) is 3.42. The molecule has 0 spiro atoms. The molecular formula is C14H21N3O2S. The first-order valence-electron chi connectivity index (χ1n) is 6.81. The van der Waals surface area contributed by atoms with Crippen molar-refractivity contribution < 1.29 is 9.53 Å². The van der Waals surface area contributed by atoms with E-state index in [1.165, 1.54) is 32.8 Å². The van der Waals surface area contributed by atoms with Gasteiger partial charge in [-0.05, 0) is 26.0 Å². The molecule has 1 heterocycles. The Morgan fingerprint density at radius 2 is 2.15 bits per heavy atom. The number of rotatable bonds is 5. The Morgan fingerprint density at radius 1 is 1.45 bits per heavy atom. The summed E-state index contributed by atoms with van der Waals surface area (Å²) in [4.78, 5) is 19.8. The Morgan fingerprint density at radius 3 is 2.75 bits per heavy atom. The van der Waals surface area contributed by atoms with Gasteiger partial charge in [-0.15, -0.1) is 0 Å². The molecule has 0 radical (unpaired) electrons. The number of ether oxygens (including phenoxy) is 1. The van der Waals surface area contributed by atoms with Crippen LogP contribution in [-0.2, 0) is 4.74 Å². The van der Waals surface area contributed by atoms with Crippen LogP contribution in [0.2, 0.25) is 0 Å². The van der Waals surface area contributed by atoms with E-state index in [0.29, 0.717) is 10.6 Å². The van der Waals surface area contributed by atoms with Gasteiger partial charge >= 0.3 is 5.97 Å². The van der Waals surface area contributed by atoms with E-state index >= 15 is 0 Å². The fourth-order valence-corrected chi connectivity index (χ4v) is 3.48. The van der Waals surface area contributed by atoms with Crippen LogP contribution in [0.25, 0.3) is 0 Å². The van der Waals surface area contributed by atoms with Gasteiger partial charge in [0.1, 0.15) is 5.82 Å². The predicted octanol–water partition coefficient (Wildman–Crippen LogP) is 2.66. The summed E-state index contributed by atoms with van der Waals surface area (Å²) in [6, 6.07) is 1.86. The smallest absolute Gasteiger partial charge is 0.376 e. The van der Waals surface area contributed by atoms with Crippen molar-refractivity contribution in [1.82, 2.24) is 9.97 Å². The fraction of sp³-hybridized carbons (Fsp3) is 0.643. The minimum Gasteiger partial charge on any atom is -0.463 e. The molecule has 0 aliphatic heterocycles. The molecule has 1 fully saturated rings. The average molecular weight is 295 g/mol. The lowest BCUT2D eigenvalue weighted by atomic mass is 10.1. The third-order valence-electron chi connectivity index (χ3n) is 3.76. The van der Waals surface area contributed by atoms with E-state index in [1.807, 2.05) is 24.8 Å². The maximum Gasteiger partial charge on any atom is 0.376 e. The lowest BCUT2D eigenvalue weighted by molar-refractivity contribution is 0.0586. The molecule has 0 atom stereocenters. The van der Waals surface area contributed by atoms with Crippen molar-refractivity contribution >= 4 is 23.5 Å².